The molecule has 0 radical (unpaired) electrons. The summed E-state index contributed by atoms with van der Waals surface area (Å²) in [5.41, 5.74) is 1.86. The molecule has 2 heteroatoms. The minimum atomic E-state index is 0.376. The van der Waals surface area contributed by atoms with Crippen LogP contribution in [-0.2, 0) is 4.94 Å². The molecule has 0 aromatic rings. The van der Waals surface area contributed by atoms with Gasteiger partial charge in [0.05, 0.1) is 0 Å². The normalized spacial score (nSPS) is 51.4. The summed E-state index contributed by atoms with van der Waals surface area (Å²) < 4.78 is 13.0. The molecule has 106 valence electrons. The highest BCUT2D eigenvalue weighted by Crippen LogP contribution is 3.02. The lowest BCUT2D eigenvalue weighted by atomic mass is 9.49. The van der Waals surface area contributed by atoms with Crippen molar-refractivity contribution in [3.63, 3.8) is 0 Å². The number of hydrogen-bond donors (Lipinski definition) is 0. The van der Waals surface area contributed by atoms with Crippen LogP contribution in [0.2, 0.25) is 0 Å². The van der Waals surface area contributed by atoms with Gasteiger partial charge in [-0.1, -0.05) is 41.0 Å². The quantitative estimate of drug-likeness (QED) is 0.705. The molecule has 8 atom stereocenters. The molecule has 0 heterocycles. The lowest BCUT2D eigenvalue weighted by Gasteiger charge is -2.55. The summed E-state index contributed by atoms with van der Waals surface area (Å²) in [4.78, 5) is 4.33. The Labute approximate surface area is 115 Å². The molecular formula is C17H25FO. The van der Waals surface area contributed by atoms with Crippen molar-refractivity contribution in [3.05, 3.63) is 11.3 Å². The Morgan fingerprint density at radius 1 is 1.21 bits per heavy atom. The van der Waals surface area contributed by atoms with Gasteiger partial charge in [-0.05, 0) is 47.0 Å². The van der Waals surface area contributed by atoms with Crippen LogP contribution in [0.25, 0.3) is 0 Å². The zero-order valence-electron chi connectivity index (χ0n) is 12.6. The largest absolute Gasteiger partial charge is 0.299 e. The zero-order chi connectivity index (χ0) is 13.7. The molecule has 8 unspecified atom stereocenters. The van der Waals surface area contributed by atoms with E-state index in [1.54, 1.807) is 0 Å². The molecule has 3 saturated carbocycles. The van der Waals surface area contributed by atoms with Gasteiger partial charge in [0.25, 0.3) is 0 Å². The van der Waals surface area contributed by atoms with Crippen LogP contribution in [0.1, 0.15) is 41.0 Å². The fourth-order valence-corrected chi connectivity index (χ4v) is 5.86. The van der Waals surface area contributed by atoms with E-state index in [4.69, 9.17) is 0 Å². The van der Waals surface area contributed by atoms with E-state index in [2.05, 4.69) is 39.6 Å². The van der Waals surface area contributed by atoms with E-state index in [9.17, 15) is 4.53 Å². The molecule has 4 aliphatic rings. The van der Waals surface area contributed by atoms with Gasteiger partial charge < -0.3 is 0 Å². The van der Waals surface area contributed by atoms with Crippen LogP contribution < -0.4 is 0 Å². The van der Waals surface area contributed by atoms with Gasteiger partial charge in [-0.15, -0.1) is 0 Å². The first-order valence-corrected chi connectivity index (χ1v) is 8.06. The van der Waals surface area contributed by atoms with Gasteiger partial charge in [-0.3, -0.25) is 4.94 Å². The highest BCUT2D eigenvalue weighted by atomic mass is 19.3. The molecule has 0 amide bonds. The molecule has 0 bridgehead atoms. The van der Waals surface area contributed by atoms with Crippen LogP contribution in [0.4, 0.5) is 4.53 Å². The highest BCUT2D eigenvalue weighted by molar-refractivity contribution is 5.63. The monoisotopic (exact) mass is 264 g/mol. The first-order chi connectivity index (χ1) is 9.03. The van der Waals surface area contributed by atoms with Crippen molar-refractivity contribution >= 4 is 0 Å². The average molecular weight is 264 g/mol. The van der Waals surface area contributed by atoms with E-state index < -0.39 is 0 Å². The minimum absolute atomic E-state index is 0.376. The van der Waals surface area contributed by atoms with Gasteiger partial charge in [0.2, 0.25) is 0 Å². The molecule has 0 aliphatic heterocycles. The van der Waals surface area contributed by atoms with Crippen LogP contribution in [0, 0.1) is 52.8 Å². The number of allylic oxidation sites excluding steroid dienone is 2. The van der Waals surface area contributed by atoms with E-state index in [1.807, 2.05) is 0 Å². The molecule has 0 aromatic heterocycles. The van der Waals surface area contributed by atoms with Crippen LogP contribution in [0.3, 0.4) is 0 Å². The maximum Gasteiger partial charge on any atom is 0.153 e. The van der Waals surface area contributed by atoms with Gasteiger partial charge in [-0.25, -0.2) is 0 Å². The molecule has 4 rings (SSSR count). The number of halogens is 1. The van der Waals surface area contributed by atoms with Crippen LogP contribution >= 0.6 is 0 Å². The molecule has 19 heavy (non-hydrogen) atoms. The standard InChI is InChI=1S/C17H25FO/c1-6-8(4)12-15-13-11-10(9(5)7(2)3)16(19-18)14(11)17(12,13)15/h7-13,15H,6H2,1-5H3. The maximum atomic E-state index is 13.0. The van der Waals surface area contributed by atoms with E-state index in [1.165, 1.54) is 12.0 Å². The zero-order valence-corrected chi connectivity index (χ0v) is 12.6. The third-order valence-electron chi connectivity index (χ3n) is 7.31. The van der Waals surface area contributed by atoms with Gasteiger partial charge >= 0.3 is 0 Å². The second-order valence-electron chi connectivity index (χ2n) is 7.91. The lowest BCUT2D eigenvalue weighted by Crippen LogP contribution is -2.51. The van der Waals surface area contributed by atoms with E-state index in [0.717, 1.165) is 29.4 Å². The first kappa shape index (κ1) is 12.2. The Morgan fingerprint density at radius 3 is 2.42 bits per heavy atom. The Kier molecular flexibility index (Phi) is 2.17. The van der Waals surface area contributed by atoms with E-state index >= 15 is 0 Å². The second kappa shape index (κ2) is 3.38. The third kappa shape index (κ3) is 1.04. The van der Waals surface area contributed by atoms with Crippen molar-refractivity contribution in [2.75, 3.05) is 0 Å². The highest BCUT2D eigenvalue weighted by Gasteiger charge is 2.99. The summed E-state index contributed by atoms with van der Waals surface area (Å²) in [6.45, 7) is 11.4. The van der Waals surface area contributed by atoms with Gasteiger partial charge in [0.15, 0.2) is 5.76 Å². The molecule has 0 saturated heterocycles. The predicted octanol–water partition coefficient (Wildman–Crippen LogP) is 4.60. The molecule has 1 nitrogen and oxygen atoms in total. The molecule has 4 aliphatic carbocycles. The Hall–Kier alpha value is -0.530. The molecule has 0 N–H and O–H groups in total. The topological polar surface area (TPSA) is 9.23 Å². The van der Waals surface area contributed by atoms with E-state index in [-0.39, 0.29) is 0 Å². The number of fused-ring (bicyclic) bond motifs is 3. The van der Waals surface area contributed by atoms with Gasteiger partial charge in [0.1, 0.15) is 0 Å². The second-order valence-corrected chi connectivity index (χ2v) is 7.91. The van der Waals surface area contributed by atoms with Crippen LogP contribution in [0.15, 0.2) is 11.3 Å². The smallest absolute Gasteiger partial charge is 0.153 e. The summed E-state index contributed by atoms with van der Waals surface area (Å²) in [6, 6.07) is 0. The van der Waals surface area contributed by atoms with Crippen molar-refractivity contribution in [2.24, 2.45) is 52.8 Å². The SMILES string of the molecule is CCC(C)C1C2C3C4C(=C(OF)C4C(C)C(C)C)C132. The molecule has 1 spiro atoms. The fraction of sp³-hybridized carbons (Fsp3) is 0.882. The fourth-order valence-electron chi connectivity index (χ4n) is 5.86. The number of rotatable bonds is 5. The van der Waals surface area contributed by atoms with Crippen molar-refractivity contribution in [3.8, 4) is 0 Å². The summed E-state index contributed by atoms with van der Waals surface area (Å²) >= 11 is 0. The van der Waals surface area contributed by atoms with Crippen molar-refractivity contribution in [1.82, 2.24) is 0 Å². The average Bonchev–Trinajstić information content (AvgIpc) is 3.18. The Balaban J connectivity index is 1.59. The summed E-state index contributed by atoms with van der Waals surface area (Å²) in [6.07, 6.45) is 1.26. The van der Waals surface area contributed by atoms with E-state index in [0.29, 0.717) is 29.1 Å². The van der Waals surface area contributed by atoms with Crippen molar-refractivity contribution in [1.29, 1.82) is 0 Å². The number of hydrogen-bond acceptors (Lipinski definition) is 1. The Bertz CT molecular complexity index is 468. The van der Waals surface area contributed by atoms with Crippen molar-refractivity contribution < 1.29 is 9.47 Å². The predicted molar refractivity (Wildman–Crippen MR) is 72.6 cm³/mol. The summed E-state index contributed by atoms with van der Waals surface area (Å²) in [5.74, 6) is 6.42. The minimum Gasteiger partial charge on any atom is -0.299 e. The third-order valence-corrected chi connectivity index (χ3v) is 7.31. The van der Waals surface area contributed by atoms with Crippen molar-refractivity contribution in [2.45, 2.75) is 41.0 Å². The molecule has 0 aromatic carbocycles. The Morgan fingerprint density at radius 2 is 1.89 bits per heavy atom. The van der Waals surface area contributed by atoms with Crippen LogP contribution in [0.5, 0.6) is 0 Å². The lowest BCUT2D eigenvalue weighted by molar-refractivity contribution is -0.138. The van der Waals surface area contributed by atoms with Gasteiger partial charge in [0, 0.05) is 15.9 Å². The molecule has 3 fully saturated rings. The molecular weight excluding hydrogens is 239 g/mol. The maximum absolute atomic E-state index is 13.0. The summed E-state index contributed by atoms with van der Waals surface area (Å²) in [7, 11) is 0. The van der Waals surface area contributed by atoms with Gasteiger partial charge in [-0.2, -0.15) is 0 Å². The summed E-state index contributed by atoms with van der Waals surface area (Å²) in [5, 5.41) is 0. The van der Waals surface area contributed by atoms with Crippen LogP contribution in [-0.4, -0.2) is 0 Å². The first-order valence-electron chi connectivity index (χ1n) is 8.06.